The van der Waals surface area contributed by atoms with Crippen molar-refractivity contribution in [3.63, 3.8) is 0 Å². The van der Waals surface area contributed by atoms with E-state index >= 15 is 0 Å². The van der Waals surface area contributed by atoms with Gasteiger partial charge in [-0.05, 0) is 42.7 Å². The molecule has 3 unspecified atom stereocenters. The van der Waals surface area contributed by atoms with E-state index in [4.69, 9.17) is 5.73 Å². The van der Waals surface area contributed by atoms with E-state index in [2.05, 4.69) is 26.9 Å². The Labute approximate surface area is 137 Å². The van der Waals surface area contributed by atoms with E-state index in [9.17, 15) is 4.79 Å². The summed E-state index contributed by atoms with van der Waals surface area (Å²) >= 11 is 0. The average Bonchev–Trinajstić information content (AvgIpc) is 3.18. The normalized spacial score (nSPS) is 30.1. The van der Waals surface area contributed by atoms with Crippen molar-refractivity contribution in [3.8, 4) is 0 Å². The Balaban J connectivity index is 1.30. The maximum absolute atomic E-state index is 11.1. The highest BCUT2D eigenvalue weighted by molar-refractivity contribution is 5.92. The number of hydrogen-bond acceptors (Lipinski definition) is 4. The number of carbonyl (C=O) groups is 1. The van der Waals surface area contributed by atoms with Gasteiger partial charge in [-0.1, -0.05) is 12.2 Å². The van der Waals surface area contributed by atoms with Crippen LogP contribution in [0.15, 0.2) is 30.5 Å². The number of amides is 1. The molecule has 1 amide bonds. The summed E-state index contributed by atoms with van der Waals surface area (Å²) in [6.45, 7) is 5.43. The van der Waals surface area contributed by atoms with Gasteiger partial charge in [0.25, 0.3) is 0 Å². The van der Waals surface area contributed by atoms with Gasteiger partial charge in [0.2, 0.25) is 5.91 Å². The van der Waals surface area contributed by atoms with Gasteiger partial charge in [-0.3, -0.25) is 9.69 Å². The number of nitrogens with zero attached hydrogens (tertiary/aromatic N) is 3. The maximum atomic E-state index is 11.1. The van der Waals surface area contributed by atoms with Gasteiger partial charge in [0.1, 0.15) is 5.82 Å². The topological polar surface area (TPSA) is 62.5 Å². The number of pyridine rings is 1. The number of primary amides is 1. The van der Waals surface area contributed by atoms with Crippen LogP contribution in [-0.4, -0.2) is 48.5 Å². The first-order valence-corrected chi connectivity index (χ1v) is 8.60. The molecule has 3 aliphatic rings. The fraction of sp³-hybridized carbons (Fsp3) is 0.556. The zero-order chi connectivity index (χ0) is 15.8. The van der Waals surface area contributed by atoms with Gasteiger partial charge >= 0.3 is 0 Å². The summed E-state index contributed by atoms with van der Waals surface area (Å²) in [5.74, 6) is 3.08. The predicted octanol–water partition coefficient (Wildman–Crippen LogP) is 1.51. The van der Waals surface area contributed by atoms with Crippen molar-refractivity contribution in [2.75, 3.05) is 37.6 Å². The van der Waals surface area contributed by atoms with Gasteiger partial charge in [0.05, 0.1) is 5.56 Å². The minimum absolute atomic E-state index is 0.422. The van der Waals surface area contributed by atoms with Crippen LogP contribution in [0, 0.1) is 17.8 Å². The van der Waals surface area contributed by atoms with Crippen molar-refractivity contribution < 1.29 is 4.79 Å². The SMILES string of the molecule is NC(=O)c1ccc(N2CCN(CC3CC4C=CC3C4)CC2)nc1. The van der Waals surface area contributed by atoms with Crippen LogP contribution in [0.1, 0.15) is 23.2 Å². The molecular weight excluding hydrogens is 288 g/mol. The molecule has 5 heteroatoms. The Morgan fingerprint density at radius 1 is 1.17 bits per heavy atom. The average molecular weight is 312 g/mol. The highest BCUT2D eigenvalue weighted by Gasteiger charge is 2.36. The van der Waals surface area contributed by atoms with E-state index in [-0.39, 0.29) is 0 Å². The Kier molecular flexibility index (Phi) is 3.81. The van der Waals surface area contributed by atoms with E-state index in [0.29, 0.717) is 5.56 Å². The van der Waals surface area contributed by atoms with Crippen LogP contribution < -0.4 is 10.6 Å². The van der Waals surface area contributed by atoms with Gasteiger partial charge in [-0.2, -0.15) is 0 Å². The van der Waals surface area contributed by atoms with Crippen molar-refractivity contribution in [2.24, 2.45) is 23.5 Å². The van der Waals surface area contributed by atoms with Crippen LogP contribution >= 0.6 is 0 Å². The van der Waals surface area contributed by atoms with Crippen molar-refractivity contribution in [1.29, 1.82) is 0 Å². The number of allylic oxidation sites excluding steroid dienone is 2. The molecule has 3 atom stereocenters. The molecular formula is C18H24N4O. The summed E-state index contributed by atoms with van der Waals surface area (Å²) in [5.41, 5.74) is 5.73. The number of nitrogens with two attached hydrogens (primary N) is 1. The summed E-state index contributed by atoms with van der Waals surface area (Å²) in [7, 11) is 0. The molecule has 122 valence electrons. The quantitative estimate of drug-likeness (QED) is 0.856. The van der Waals surface area contributed by atoms with Gasteiger partial charge in [-0.25, -0.2) is 4.98 Å². The number of fused-ring (bicyclic) bond motifs is 2. The van der Waals surface area contributed by atoms with Gasteiger partial charge in [0, 0.05) is 38.9 Å². The van der Waals surface area contributed by atoms with E-state index in [0.717, 1.165) is 49.8 Å². The first-order chi connectivity index (χ1) is 11.2. The van der Waals surface area contributed by atoms with Crippen molar-refractivity contribution in [2.45, 2.75) is 12.8 Å². The molecule has 2 heterocycles. The number of hydrogen-bond donors (Lipinski definition) is 1. The zero-order valence-corrected chi connectivity index (χ0v) is 13.4. The Morgan fingerprint density at radius 3 is 2.57 bits per heavy atom. The second-order valence-corrected chi connectivity index (χ2v) is 7.10. The number of anilines is 1. The maximum Gasteiger partial charge on any atom is 0.250 e. The molecule has 4 rings (SSSR count). The number of rotatable bonds is 4. The largest absolute Gasteiger partial charge is 0.366 e. The van der Waals surface area contributed by atoms with Crippen LogP contribution in [-0.2, 0) is 0 Å². The molecule has 0 aromatic carbocycles. The molecule has 1 aromatic heterocycles. The molecule has 0 spiro atoms. The third-order valence-electron chi connectivity index (χ3n) is 5.64. The van der Waals surface area contributed by atoms with Crippen LogP contribution in [0.2, 0.25) is 0 Å². The minimum Gasteiger partial charge on any atom is -0.366 e. The van der Waals surface area contributed by atoms with E-state index in [1.807, 2.05) is 6.07 Å². The molecule has 2 N–H and O–H groups in total. The van der Waals surface area contributed by atoms with Crippen LogP contribution in [0.25, 0.3) is 0 Å². The smallest absolute Gasteiger partial charge is 0.250 e. The van der Waals surface area contributed by atoms with Crippen LogP contribution in [0.3, 0.4) is 0 Å². The highest BCUT2D eigenvalue weighted by atomic mass is 16.1. The Morgan fingerprint density at radius 2 is 2.00 bits per heavy atom. The molecule has 0 radical (unpaired) electrons. The monoisotopic (exact) mass is 312 g/mol. The standard InChI is InChI=1S/C18H24N4O/c19-18(23)15-3-4-17(20-11-15)22-7-5-21(6-8-22)12-16-10-13-1-2-14(16)9-13/h1-4,11,13-14,16H,5-10,12H2,(H2,19,23). The lowest BCUT2D eigenvalue weighted by Crippen LogP contribution is -2.48. The third kappa shape index (κ3) is 2.98. The second kappa shape index (κ2) is 5.96. The first-order valence-electron chi connectivity index (χ1n) is 8.60. The Bertz CT molecular complexity index is 604. The van der Waals surface area contributed by atoms with E-state index in [1.165, 1.54) is 19.4 Å². The molecule has 2 fully saturated rings. The molecule has 5 nitrogen and oxygen atoms in total. The highest BCUT2D eigenvalue weighted by Crippen LogP contribution is 2.43. The lowest BCUT2D eigenvalue weighted by atomic mass is 9.93. The van der Waals surface area contributed by atoms with Gasteiger partial charge < -0.3 is 10.6 Å². The molecule has 1 aromatic rings. The third-order valence-corrected chi connectivity index (χ3v) is 5.64. The van der Waals surface area contributed by atoms with Gasteiger partial charge in [-0.15, -0.1) is 0 Å². The molecule has 2 bridgehead atoms. The van der Waals surface area contributed by atoms with Crippen LogP contribution in [0.5, 0.6) is 0 Å². The summed E-state index contributed by atoms with van der Waals surface area (Å²) < 4.78 is 0. The molecule has 1 saturated carbocycles. The van der Waals surface area contributed by atoms with Crippen molar-refractivity contribution in [1.82, 2.24) is 9.88 Å². The summed E-state index contributed by atoms with van der Waals surface area (Å²) in [6.07, 6.45) is 9.21. The Hall–Kier alpha value is -1.88. The van der Waals surface area contributed by atoms with Gasteiger partial charge in [0.15, 0.2) is 0 Å². The van der Waals surface area contributed by atoms with E-state index < -0.39 is 5.91 Å². The lowest BCUT2D eigenvalue weighted by molar-refractivity contribution is 0.1000. The number of aromatic nitrogens is 1. The summed E-state index contributed by atoms with van der Waals surface area (Å²) in [4.78, 5) is 20.4. The number of piperazine rings is 1. The summed E-state index contributed by atoms with van der Waals surface area (Å²) in [5, 5.41) is 0. The van der Waals surface area contributed by atoms with Crippen molar-refractivity contribution >= 4 is 11.7 Å². The molecule has 2 aliphatic carbocycles. The molecule has 1 saturated heterocycles. The second-order valence-electron chi connectivity index (χ2n) is 7.10. The fourth-order valence-electron chi connectivity index (χ4n) is 4.31. The van der Waals surface area contributed by atoms with Crippen molar-refractivity contribution in [3.05, 3.63) is 36.0 Å². The minimum atomic E-state index is -0.422. The fourth-order valence-corrected chi connectivity index (χ4v) is 4.31. The number of carbonyl (C=O) groups excluding carboxylic acids is 1. The first kappa shape index (κ1) is 14.7. The summed E-state index contributed by atoms with van der Waals surface area (Å²) in [6, 6.07) is 3.66. The zero-order valence-electron chi connectivity index (χ0n) is 13.4. The van der Waals surface area contributed by atoms with E-state index in [1.54, 1.807) is 12.3 Å². The predicted molar refractivity (Wildman–Crippen MR) is 90.3 cm³/mol. The van der Waals surface area contributed by atoms with Crippen LogP contribution in [0.4, 0.5) is 5.82 Å². The molecule has 23 heavy (non-hydrogen) atoms. The molecule has 1 aliphatic heterocycles. The lowest BCUT2D eigenvalue weighted by Gasteiger charge is -2.37.